The monoisotopic (exact) mass is 301 g/mol. The highest BCUT2D eigenvalue weighted by Crippen LogP contribution is 2.16. The zero-order valence-corrected chi connectivity index (χ0v) is 12.0. The average Bonchev–Trinajstić information content (AvgIpc) is 2.63. The summed E-state index contributed by atoms with van der Waals surface area (Å²) in [6, 6.07) is 19.6. The van der Waals surface area contributed by atoms with E-state index in [-0.39, 0.29) is 11.4 Å². The minimum absolute atomic E-state index is 0.151. The predicted octanol–water partition coefficient (Wildman–Crippen LogP) is 2.66. The zero-order valence-electron chi connectivity index (χ0n) is 12.0. The van der Waals surface area contributed by atoms with Gasteiger partial charge >= 0.3 is 0 Å². The fourth-order valence-corrected chi connectivity index (χ4v) is 1.97. The Kier molecular flexibility index (Phi) is 4.03. The minimum Gasteiger partial charge on any atom is -0.304 e. The van der Waals surface area contributed by atoms with E-state index in [2.05, 4.69) is 20.5 Å². The van der Waals surface area contributed by atoms with Crippen molar-refractivity contribution < 1.29 is 4.79 Å². The van der Waals surface area contributed by atoms with E-state index < -0.39 is 5.91 Å². The number of nitrogens with one attached hydrogen (secondary N) is 1. The van der Waals surface area contributed by atoms with Crippen molar-refractivity contribution in [1.29, 1.82) is 5.26 Å². The van der Waals surface area contributed by atoms with Gasteiger partial charge in [-0.15, -0.1) is 10.2 Å². The van der Waals surface area contributed by atoms with Crippen LogP contribution in [0.5, 0.6) is 0 Å². The maximum absolute atomic E-state index is 12.1. The quantitative estimate of drug-likeness (QED) is 0.803. The maximum atomic E-state index is 12.1. The Morgan fingerprint density at radius 1 is 0.957 bits per heavy atom. The Balaban J connectivity index is 1.76. The summed E-state index contributed by atoms with van der Waals surface area (Å²) in [6.07, 6.45) is 0. The van der Waals surface area contributed by atoms with Gasteiger partial charge in [-0.1, -0.05) is 36.4 Å². The summed E-state index contributed by atoms with van der Waals surface area (Å²) >= 11 is 0. The van der Waals surface area contributed by atoms with Crippen LogP contribution in [0.25, 0.3) is 11.3 Å². The maximum Gasteiger partial charge on any atom is 0.275 e. The number of nitriles is 1. The fourth-order valence-electron chi connectivity index (χ4n) is 1.97. The number of nitrogens with zero attached hydrogens (tertiary/aromatic N) is 4. The molecule has 2 heterocycles. The summed E-state index contributed by atoms with van der Waals surface area (Å²) < 4.78 is 0. The second-order valence-corrected chi connectivity index (χ2v) is 4.64. The number of aromatic nitrogens is 3. The molecule has 0 saturated heterocycles. The molecule has 1 aromatic carbocycles. The van der Waals surface area contributed by atoms with Crippen LogP contribution in [0.1, 0.15) is 16.2 Å². The van der Waals surface area contributed by atoms with E-state index in [1.807, 2.05) is 36.4 Å². The van der Waals surface area contributed by atoms with Gasteiger partial charge in [0.25, 0.3) is 5.91 Å². The largest absolute Gasteiger partial charge is 0.304 e. The van der Waals surface area contributed by atoms with Crippen LogP contribution in [-0.4, -0.2) is 21.1 Å². The van der Waals surface area contributed by atoms with Gasteiger partial charge in [0.15, 0.2) is 5.82 Å². The number of carbonyl (C=O) groups excluding carboxylic acids is 1. The molecule has 0 radical (unpaired) electrons. The Morgan fingerprint density at radius 2 is 1.78 bits per heavy atom. The minimum atomic E-state index is -0.441. The van der Waals surface area contributed by atoms with Crippen LogP contribution in [0.3, 0.4) is 0 Å². The van der Waals surface area contributed by atoms with Crippen molar-refractivity contribution in [2.45, 2.75) is 0 Å². The van der Waals surface area contributed by atoms with Crippen LogP contribution < -0.4 is 5.32 Å². The molecule has 2 aromatic heterocycles. The summed E-state index contributed by atoms with van der Waals surface area (Å²) in [5.74, 6) is -0.122. The molecule has 0 aliphatic carbocycles. The Labute approximate surface area is 132 Å². The number of carbonyl (C=O) groups is 1. The Bertz CT molecular complexity index is 869. The standard InChI is InChI=1S/C17H11N5O/c18-11-13-7-4-8-15(19-13)17(23)20-16-10-9-14(21-22-16)12-5-2-1-3-6-12/h1-10H,(H,20,22,23). The van der Waals surface area contributed by atoms with E-state index in [1.165, 1.54) is 12.1 Å². The first kappa shape index (κ1) is 14.4. The van der Waals surface area contributed by atoms with Gasteiger partial charge in [0.2, 0.25) is 0 Å². The lowest BCUT2D eigenvalue weighted by Gasteiger charge is -2.04. The van der Waals surface area contributed by atoms with E-state index in [0.29, 0.717) is 11.5 Å². The molecule has 110 valence electrons. The number of anilines is 1. The van der Waals surface area contributed by atoms with Crippen LogP contribution >= 0.6 is 0 Å². The predicted molar refractivity (Wildman–Crippen MR) is 84.4 cm³/mol. The molecule has 0 atom stereocenters. The van der Waals surface area contributed by atoms with Crippen LogP contribution in [0.15, 0.2) is 60.7 Å². The highest BCUT2D eigenvalue weighted by atomic mass is 16.1. The lowest BCUT2D eigenvalue weighted by atomic mass is 10.1. The molecular formula is C17H11N5O. The molecule has 6 nitrogen and oxygen atoms in total. The van der Waals surface area contributed by atoms with E-state index in [9.17, 15) is 4.79 Å². The van der Waals surface area contributed by atoms with Crippen LogP contribution in [-0.2, 0) is 0 Å². The van der Waals surface area contributed by atoms with Crippen LogP contribution in [0, 0.1) is 11.3 Å². The van der Waals surface area contributed by atoms with Crippen molar-refractivity contribution in [2.75, 3.05) is 5.32 Å². The lowest BCUT2D eigenvalue weighted by Crippen LogP contribution is -2.15. The van der Waals surface area contributed by atoms with Crippen molar-refractivity contribution in [3.05, 3.63) is 72.1 Å². The third kappa shape index (κ3) is 3.36. The van der Waals surface area contributed by atoms with Gasteiger partial charge in [0.05, 0.1) is 5.69 Å². The SMILES string of the molecule is N#Cc1cccc(C(=O)Nc2ccc(-c3ccccc3)nn2)n1. The van der Waals surface area contributed by atoms with Crippen molar-refractivity contribution in [3.63, 3.8) is 0 Å². The average molecular weight is 301 g/mol. The molecule has 1 amide bonds. The van der Waals surface area contributed by atoms with Crippen molar-refractivity contribution in [3.8, 4) is 17.3 Å². The van der Waals surface area contributed by atoms with E-state index in [1.54, 1.807) is 18.2 Å². The number of hydrogen-bond acceptors (Lipinski definition) is 5. The fraction of sp³-hybridized carbons (Fsp3) is 0. The van der Waals surface area contributed by atoms with Gasteiger partial charge < -0.3 is 5.32 Å². The third-order valence-electron chi connectivity index (χ3n) is 3.07. The molecule has 3 rings (SSSR count). The second kappa shape index (κ2) is 6.45. The number of benzene rings is 1. The first-order valence-corrected chi connectivity index (χ1v) is 6.84. The summed E-state index contributed by atoms with van der Waals surface area (Å²) in [5, 5.41) is 19.5. The molecule has 6 heteroatoms. The number of amides is 1. The molecular weight excluding hydrogens is 290 g/mol. The van der Waals surface area contributed by atoms with E-state index >= 15 is 0 Å². The molecule has 3 aromatic rings. The molecule has 0 fully saturated rings. The molecule has 0 bridgehead atoms. The lowest BCUT2D eigenvalue weighted by molar-refractivity contribution is 0.102. The van der Waals surface area contributed by atoms with E-state index in [4.69, 9.17) is 5.26 Å². The van der Waals surface area contributed by atoms with Gasteiger partial charge in [0.1, 0.15) is 17.5 Å². The number of hydrogen-bond donors (Lipinski definition) is 1. The number of rotatable bonds is 3. The summed E-state index contributed by atoms with van der Waals surface area (Å²) in [6.45, 7) is 0. The first-order valence-electron chi connectivity index (χ1n) is 6.84. The molecule has 0 aliphatic rings. The summed E-state index contributed by atoms with van der Waals surface area (Å²) in [7, 11) is 0. The van der Waals surface area contributed by atoms with Gasteiger partial charge in [-0.2, -0.15) is 5.26 Å². The van der Waals surface area contributed by atoms with Gasteiger partial charge in [0, 0.05) is 5.56 Å². The van der Waals surface area contributed by atoms with Gasteiger partial charge in [-0.3, -0.25) is 4.79 Å². The Hall–Kier alpha value is -3.59. The van der Waals surface area contributed by atoms with Crippen molar-refractivity contribution in [1.82, 2.24) is 15.2 Å². The summed E-state index contributed by atoms with van der Waals surface area (Å²) in [4.78, 5) is 16.0. The normalized spacial score (nSPS) is 9.87. The first-order chi connectivity index (χ1) is 11.3. The molecule has 23 heavy (non-hydrogen) atoms. The Morgan fingerprint density at radius 3 is 2.48 bits per heavy atom. The van der Waals surface area contributed by atoms with Crippen LogP contribution in [0.2, 0.25) is 0 Å². The van der Waals surface area contributed by atoms with Gasteiger partial charge in [-0.05, 0) is 24.3 Å². The highest BCUT2D eigenvalue weighted by Gasteiger charge is 2.10. The van der Waals surface area contributed by atoms with Crippen molar-refractivity contribution >= 4 is 11.7 Å². The molecule has 0 unspecified atom stereocenters. The topological polar surface area (TPSA) is 91.6 Å². The second-order valence-electron chi connectivity index (χ2n) is 4.64. The molecule has 0 spiro atoms. The molecule has 0 aliphatic heterocycles. The summed E-state index contributed by atoms with van der Waals surface area (Å²) in [5.41, 5.74) is 2.00. The van der Waals surface area contributed by atoms with Crippen LogP contribution in [0.4, 0.5) is 5.82 Å². The highest BCUT2D eigenvalue weighted by molar-refractivity contribution is 6.02. The number of pyridine rings is 1. The van der Waals surface area contributed by atoms with Crippen molar-refractivity contribution in [2.24, 2.45) is 0 Å². The smallest absolute Gasteiger partial charge is 0.275 e. The molecule has 0 saturated carbocycles. The van der Waals surface area contributed by atoms with Gasteiger partial charge in [-0.25, -0.2) is 4.98 Å². The van der Waals surface area contributed by atoms with E-state index in [0.717, 1.165) is 5.56 Å². The molecule has 1 N–H and O–H groups in total. The third-order valence-corrected chi connectivity index (χ3v) is 3.07. The zero-order chi connectivity index (χ0) is 16.1.